The van der Waals surface area contributed by atoms with Crippen LogP contribution in [0.15, 0.2) is 53.5 Å². The highest BCUT2D eigenvalue weighted by Gasteiger charge is 2.39. The molecule has 13 N–H and O–H groups in total. The molecule has 1 saturated heterocycles. The van der Waals surface area contributed by atoms with Gasteiger partial charge in [-0.15, -0.1) is 0 Å². The Morgan fingerprint density at radius 3 is 2.15 bits per heavy atom. The fourth-order valence-electron chi connectivity index (χ4n) is 5.60. The number of phenolic OH excluding ortho intramolecular Hbond substituents is 2. The number of carbonyl (C=O) groups is 4. The van der Waals surface area contributed by atoms with E-state index in [2.05, 4.69) is 20.9 Å². The molecule has 4 amide bonds. The van der Waals surface area contributed by atoms with Crippen LogP contribution in [0.25, 0.3) is 0 Å². The molecule has 2 aromatic carbocycles. The molecule has 1 aliphatic heterocycles. The standard InChI is InChI=1S/C33H49N9O6/c34-17-2-1-5-26(30(46)40-25(29(35)45)6-3-18-39-33(36)37)41-31(47)27-7-4-20-42(27)32(48)28(22-10-14-24(44)15-11-22)38-19-16-21-8-12-23(43)13-9-21/h8-15,25-28,38,43-44H,1-7,16-20,34H2,(H2,35,45)(H,40,46)(H,41,47)(H4,36,37,39)/t25-,26-,27-,28+/m0/s1. The van der Waals surface area contributed by atoms with Crippen LogP contribution in [0.2, 0.25) is 0 Å². The van der Waals surface area contributed by atoms with Crippen molar-refractivity contribution in [3.8, 4) is 11.5 Å². The predicted octanol–water partition coefficient (Wildman–Crippen LogP) is -0.400. The van der Waals surface area contributed by atoms with Gasteiger partial charge in [0, 0.05) is 19.6 Å². The van der Waals surface area contributed by atoms with E-state index in [1.807, 2.05) is 0 Å². The monoisotopic (exact) mass is 667 g/mol. The zero-order valence-electron chi connectivity index (χ0n) is 27.1. The van der Waals surface area contributed by atoms with E-state index < -0.39 is 41.9 Å². The van der Waals surface area contributed by atoms with Crippen LogP contribution >= 0.6 is 0 Å². The number of unbranched alkanes of at least 4 members (excludes halogenated alkanes) is 1. The molecule has 1 fully saturated rings. The van der Waals surface area contributed by atoms with Crippen LogP contribution in [0.5, 0.6) is 11.5 Å². The van der Waals surface area contributed by atoms with Crippen molar-refractivity contribution >= 4 is 29.6 Å². The summed E-state index contributed by atoms with van der Waals surface area (Å²) in [6.07, 6.45) is 3.58. The smallest absolute Gasteiger partial charge is 0.244 e. The zero-order valence-corrected chi connectivity index (χ0v) is 27.1. The van der Waals surface area contributed by atoms with E-state index in [0.29, 0.717) is 63.7 Å². The topological polar surface area (TPSA) is 265 Å². The number of nitrogens with two attached hydrogens (primary N) is 4. The molecule has 15 heteroatoms. The van der Waals surface area contributed by atoms with Crippen molar-refractivity contribution < 1.29 is 29.4 Å². The number of phenols is 2. The van der Waals surface area contributed by atoms with Crippen LogP contribution in [0, 0.1) is 0 Å². The lowest BCUT2D eigenvalue weighted by Gasteiger charge is -2.30. The predicted molar refractivity (Wildman–Crippen MR) is 181 cm³/mol. The van der Waals surface area contributed by atoms with Crippen molar-refractivity contribution in [2.24, 2.45) is 27.9 Å². The number of benzene rings is 2. The first-order valence-electron chi connectivity index (χ1n) is 16.3. The van der Waals surface area contributed by atoms with E-state index in [9.17, 15) is 29.4 Å². The van der Waals surface area contributed by atoms with E-state index in [4.69, 9.17) is 22.9 Å². The summed E-state index contributed by atoms with van der Waals surface area (Å²) in [7, 11) is 0. The summed E-state index contributed by atoms with van der Waals surface area (Å²) in [5.74, 6) is -1.97. The Morgan fingerprint density at radius 1 is 0.875 bits per heavy atom. The highest BCUT2D eigenvalue weighted by molar-refractivity contribution is 5.95. The number of primary amides is 1. The van der Waals surface area contributed by atoms with Gasteiger partial charge in [-0.25, -0.2) is 0 Å². The van der Waals surface area contributed by atoms with E-state index in [1.54, 1.807) is 36.4 Å². The number of aliphatic imine (C=N–C) groups is 1. The van der Waals surface area contributed by atoms with Gasteiger partial charge in [0.15, 0.2) is 5.96 Å². The summed E-state index contributed by atoms with van der Waals surface area (Å²) in [6.45, 7) is 1.42. The van der Waals surface area contributed by atoms with Crippen LogP contribution in [-0.4, -0.2) is 89.0 Å². The fourth-order valence-corrected chi connectivity index (χ4v) is 5.60. The quantitative estimate of drug-likeness (QED) is 0.0531. The average molecular weight is 668 g/mol. The number of nitrogens with zero attached hydrogens (tertiary/aromatic N) is 2. The Morgan fingerprint density at radius 2 is 1.52 bits per heavy atom. The van der Waals surface area contributed by atoms with Gasteiger partial charge in [-0.2, -0.15) is 0 Å². The largest absolute Gasteiger partial charge is 0.508 e. The van der Waals surface area contributed by atoms with Gasteiger partial charge in [0.05, 0.1) is 0 Å². The van der Waals surface area contributed by atoms with Crippen molar-refractivity contribution in [2.45, 2.75) is 75.5 Å². The normalized spacial score (nSPS) is 16.0. The molecule has 2 aromatic rings. The van der Waals surface area contributed by atoms with Gasteiger partial charge >= 0.3 is 0 Å². The SMILES string of the molecule is NCCCC[C@H](NC(=O)[C@@H]1CCCN1C(=O)[C@H](NCCc1ccc(O)cc1)c1ccc(O)cc1)C(=O)N[C@@H](CCCN=C(N)N)C(N)=O. The maximum absolute atomic E-state index is 14.1. The van der Waals surface area contributed by atoms with E-state index in [1.165, 1.54) is 17.0 Å². The van der Waals surface area contributed by atoms with Gasteiger partial charge in [0.25, 0.3) is 0 Å². The molecule has 3 rings (SSSR count). The second kappa shape index (κ2) is 19.1. The van der Waals surface area contributed by atoms with Crippen LogP contribution in [0.4, 0.5) is 0 Å². The van der Waals surface area contributed by atoms with Gasteiger partial charge < -0.3 is 54.0 Å². The number of likely N-dealkylation sites (tertiary alicyclic amines) is 1. The molecule has 0 saturated carbocycles. The molecule has 15 nitrogen and oxygen atoms in total. The van der Waals surface area contributed by atoms with Crippen molar-refractivity contribution in [2.75, 3.05) is 26.2 Å². The lowest BCUT2D eigenvalue weighted by molar-refractivity contribution is -0.141. The second-order valence-electron chi connectivity index (χ2n) is 11.8. The summed E-state index contributed by atoms with van der Waals surface area (Å²) in [5, 5.41) is 28.2. The molecule has 0 bridgehead atoms. The second-order valence-corrected chi connectivity index (χ2v) is 11.8. The minimum absolute atomic E-state index is 0.0544. The molecular formula is C33H49N9O6. The lowest BCUT2D eigenvalue weighted by atomic mass is 10.0. The maximum Gasteiger partial charge on any atom is 0.244 e. The Bertz CT molecular complexity index is 1380. The van der Waals surface area contributed by atoms with Gasteiger partial charge in [-0.05, 0) is 93.3 Å². The Labute approximate surface area is 280 Å². The first kappa shape index (κ1) is 37.6. The third-order valence-electron chi connectivity index (χ3n) is 8.20. The molecule has 1 aliphatic rings. The van der Waals surface area contributed by atoms with E-state index in [-0.39, 0.29) is 42.8 Å². The molecule has 262 valence electrons. The summed E-state index contributed by atoms with van der Waals surface area (Å²) < 4.78 is 0. The number of nitrogens with one attached hydrogen (secondary N) is 3. The number of aromatic hydroxyl groups is 2. The highest BCUT2D eigenvalue weighted by atomic mass is 16.3. The van der Waals surface area contributed by atoms with Crippen molar-refractivity contribution in [3.05, 3.63) is 59.7 Å². The third-order valence-corrected chi connectivity index (χ3v) is 8.20. The molecule has 0 unspecified atom stereocenters. The first-order chi connectivity index (χ1) is 23.0. The molecular weight excluding hydrogens is 618 g/mol. The fraction of sp³-hybridized carbons (Fsp3) is 0.485. The number of rotatable bonds is 19. The van der Waals surface area contributed by atoms with Crippen molar-refractivity contribution in [1.82, 2.24) is 20.9 Å². The van der Waals surface area contributed by atoms with Crippen LogP contribution in [-0.2, 0) is 25.6 Å². The molecule has 48 heavy (non-hydrogen) atoms. The number of hydrogen-bond donors (Lipinski definition) is 9. The minimum atomic E-state index is -0.996. The Balaban J connectivity index is 1.73. The van der Waals surface area contributed by atoms with Gasteiger partial charge in [-0.1, -0.05) is 24.3 Å². The third kappa shape index (κ3) is 11.7. The molecule has 0 radical (unpaired) electrons. The Hall–Kier alpha value is -4.89. The molecule has 0 aliphatic carbocycles. The van der Waals surface area contributed by atoms with Crippen molar-refractivity contribution in [1.29, 1.82) is 0 Å². The van der Waals surface area contributed by atoms with E-state index >= 15 is 0 Å². The van der Waals surface area contributed by atoms with Gasteiger partial charge in [0.2, 0.25) is 23.6 Å². The molecule has 0 spiro atoms. The Kier molecular flexibility index (Phi) is 14.9. The van der Waals surface area contributed by atoms with Crippen LogP contribution in [0.3, 0.4) is 0 Å². The molecule has 4 atom stereocenters. The van der Waals surface area contributed by atoms with Crippen LogP contribution < -0.4 is 38.9 Å². The number of hydrogen-bond acceptors (Lipinski definition) is 9. The molecule has 0 aromatic heterocycles. The van der Waals surface area contributed by atoms with E-state index in [0.717, 1.165) is 5.56 Å². The molecule has 1 heterocycles. The minimum Gasteiger partial charge on any atom is -0.508 e. The van der Waals surface area contributed by atoms with Crippen molar-refractivity contribution in [3.63, 3.8) is 0 Å². The first-order valence-corrected chi connectivity index (χ1v) is 16.3. The van der Waals surface area contributed by atoms with Gasteiger partial charge in [0.1, 0.15) is 35.7 Å². The summed E-state index contributed by atoms with van der Waals surface area (Å²) in [4.78, 5) is 58.7. The summed E-state index contributed by atoms with van der Waals surface area (Å²) in [6, 6.07) is 9.47. The lowest BCUT2D eigenvalue weighted by Crippen LogP contribution is -2.56. The van der Waals surface area contributed by atoms with Crippen LogP contribution in [0.1, 0.15) is 62.1 Å². The zero-order chi connectivity index (χ0) is 35.1. The highest BCUT2D eigenvalue weighted by Crippen LogP contribution is 2.25. The van der Waals surface area contributed by atoms with Gasteiger partial charge in [-0.3, -0.25) is 24.2 Å². The average Bonchev–Trinajstić information content (AvgIpc) is 3.55. The maximum atomic E-state index is 14.1. The number of amides is 4. The summed E-state index contributed by atoms with van der Waals surface area (Å²) in [5.41, 5.74) is 23.5. The number of carbonyl (C=O) groups excluding carboxylic acids is 4. The summed E-state index contributed by atoms with van der Waals surface area (Å²) >= 11 is 0. The number of guanidine groups is 1.